The molecule has 4 heteroatoms. The lowest BCUT2D eigenvalue weighted by atomic mass is 10.1. The Bertz CT molecular complexity index is 414. The molecule has 1 aliphatic rings. The molecule has 108 valence electrons. The molecule has 0 radical (unpaired) electrons. The SMILES string of the molecule is CNCc1oc(CN2CC(C)C(N(C)C)C2)cc1C. The highest BCUT2D eigenvalue weighted by molar-refractivity contribution is 5.20. The molecule has 0 aromatic carbocycles. The monoisotopic (exact) mass is 265 g/mol. The summed E-state index contributed by atoms with van der Waals surface area (Å²) in [5.41, 5.74) is 1.25. The summed E-state index contributed by atoms with van der Waals surface area (Å²) in [4.78, 5) is 4.83. The van der Waals surface area contributed by atoms with E-state index in [-0.39, 0.29) is 0 Å². The number of hydrogen-bond donors (Lipinski definition) is 1. The molecule has 2 unspecified atom stereocenters. The molecule has 2 atom stereocenters. The Morgan fingerprint density at radius 3 is 2.74 bits per heavy atom. The Hall–Kier alpha value is -0.840. The molecule has 1 aromatic rings. The van der Waals surface area contributed by atoms with Crippen LogP contribution >= 0.6 is 0 Å². The van der Waals surface area contributed by atoms with Crippen molar-refractivity contribution >= 4 is 0 Å². The van der Waals surface area contributed by atoms with Crippen molar-refractivity contribution in [3.8, 4) is 0 Å². The number of likely N-dealkylation sites (N-methyl/N-ethyl adjacent to an activating group) is 1. The fraction of sp³-hybridized carbons (Fsp3) is 0.733. The molecule has 1 saturated heterocycles. The first-order valence-corrected chi connectivity index (χ1v) is 7.12. The largest absolute Gasteiger partial charge is 0.463 e. The minimum Gasteiger partial charge on any atom is -0.463 e. The van der Waals surface area contributed by atoms with Gasteiger partial charge in [-0.1, -0.05) is 6.92 Å². The van der Waals surface area contributed by atoms with Gasteiger partial charge in [0, 0.05) is 19.1 Å². The van der Waals surface area contributed by atoms with Crippen LogP contribution in [0.5, 0.6) is 0 Å². The molecule has 0 amide bonds. The first kappa shape index (κ1) is 14.6. The van der Waals surface area contributed by atoms with E-state index in [0.717, 1.165) is 43.6 Å². The van der Waals surface area contributed by atoms with Crippen LogP contribution in [0.4, 0.5) is 0 Å². The standard InChI is InChI=1S/C15H27N3O/c1-11-6-13(19-15(11)7-16-3)9-18-8-12(2)14(10-18)17(4)5/h6,12,14,16H,7-10H2,1-5H3. The van der Waals surface area contributed by atoms with Crippen LogP contribution in [-0.2, 0) is 13.1 Å². The van der Waals surface area contributed by atoms with Gasteiger partial charge >= 0.3 is 0 Å². The second-order valence-corrected chi connectivity index (χ2v) is 6.05. The van der Waals surface area contributed by atoms with Crippen molar-refractivity contribution in [1.82, 2.24) is 15.1 Å². The van der Waals surface area contributed by atoms with E-state index >= 15 is 0 Å². The Kier molecular flexibility index (Phi) is 4.66. The van der Waals surface area contributed by atoms with Crippen LogP contribution in [0.1, 0.15) is 24.0 Å². The molecule has 0 saturated carbocycles. The molecule has 4 nitrogen and oxygen atoms in total. The molecule has 0 spiro atoms. The van der Waals surface area contributed by atoms with Gasteiger partial charge in [0.25, 0.3) is 0 Å². The van der Waals surface area contributed by atoms with Gasteiger partial charge in [-0.15, -0.1) is 0 Å². The molecule has 0 bridgehead atoms. The molecule has 1 N–H and O–H groups in total. The van der Waals surface area contributed by atoms with Crippen LogP contribution in [0.3, 0.4) is 0 Å². The molecular weight excluding hydrogens is 238 g/mol. The van der Waals surface area contributed by atoms with E-state index in [1.807, 2.05) is 7.05 Å². The van der Waals surface area contributed by atoms with E-state index in [1.165, 1.54) is 5.56 Å². The summed E-state index contributed by atoms with van der Waals surface area (Å²) in [7, 11) is 6.30. The zero-order valence-corrected chi connectivity index (χ0v) is 12.9. The molecule has 19 heavy (non-hydrogen) atoms. The van der Waals surface area contributed by atoms with E-state index < -0.39 is 0 Å². The molecule has 1 aliphatic heterocycles. The van der Waals surface area contributed by atoms with Crippen molar-refractivity contribution in [1.29, 1.82) is 0 Å². The lowest BCUT2D eigenvalue weighted by Crippen LogP contribution is -2.34. The van der Waals surface area contributed by atoms with Gasteiger partial charge in [-0.2, -0.15) is 0 Å². The molecule has 2 rings (SSSR count). The quantitative estimate of drug-likeness (QED) is 0.878. The number of furan rings is 1. The first-order chi connectivity index (χ1) is 9.01. The Morgan fingerprint density at radius 2 is 2.16 bits per heavy atom. The predicted molar refractivity (Wildman–Crippen MR) is 78.1 cm³/mol. The van der Waals surface area contributed by atoms with Crippen molar-refractivity contribution in [2.45, 2.75) is 33.0 Å². The highest BCUT2D eigenvalue weighted by atomic mass is 16.3. The van der Waals surface area contributed by atoms with Crippen molar-refractivity contribution in [2.75, 3.05) is 34.2 Å². The van der Waals surface area contributed by atoms with Crippen LogP contribution in [0, 0.1) is 12.8 Å². The van der Waals surface area contributed by atoms with Crippen LogP contribution in [0.15, 0.2) is 10.5 Å². The fourth-order valence-electron chi connectivity index (χ4n) is 3.07. The number of aryl methyl sites for hydroxylation is 1. The maximum atomic E-state index is 5.93. The van der Waals surface area contributed by atoms with E-state index in [4.69, 9.17) is 4.42 Å². The van der Waals surface area contributed by atoms with E-state index in [9.17, 15) is 0 Å². The second-order valence-electron chi connectivity index (χ2n) is 6.05. The van der Waals surface area contributed by atoms with Gasteiger partial charge in [0.05, 0.1) is 13.1 Å². The average molecular weight is 265 g/mol. The van der Waals surface area contributed by atoms with Crippen LogP contribution in [0.25, 0.3) is 0 Å². The van der Waals surface area contributed by atoms with Crippen molar-refractivity contribution < 1.29 is 4.42 Å². The van der Waals surface area contributed by atoms with E-state index in [2.05, 4.69) is 49.1 Å². The summed E-state index contributed by atoms with van der Waals surface area (Å²) in [6.07, 6.45) is 0. The Morgan fingerprint density at radius 1 is 1.42 bits per heavy atom. The third kappa shape index (κ3) is 3.38. The molecule has 2 heterocycles. The molecule has 1 fully saturated rings. The van der Waals surface area contributed by atoms with Crippen molar-refractivity contribution in [2.24, 2.45) is 5.92 Å². The van der Waals surface area contributed by atoms with Crippen LogP contribution in [0.2, 0.25) is 0 Å². The van der Waals surface area contributed by atoms with Crippen molar-refractivity contribution in [3.05, 3.63) is 23.2 Å². The highest BCUT2D eigenvalue weighted by Gasteiger charge is 2.31. The van der Waals surface area contributed by atoms with Gasteiger partial charge in [0.2, 0.25) is 0 Å². The van der Waals surface area contributed by atoms with Crippen molar-refractivity contribution in [3.63, 3.8) is 0 Å². The summed E-state index contributed by atoms with van der Waals surface area (Å²) in [6, 6.07) is 2.84. The third-order valence-corrected chi connectivity index (χ3v) is 4.10. The Labute approximate surface area is 116 Å². The predicted octanol–water partition coefficient (Wildman–Crippen LogP) is 1.69. The summed E-state index contributed by atoms with van der Waals surface area (Å²) >= 11 is 0. The number of likely N-dealkylation sites (tertiary alicyclic amines) is 1. The van der Waals surface area contributed by atoms with Gasteiger partial charge in [-0.05, 0) is 45.6 Å². The first-order valence-electron chi connectivity index (χ1n) is 7.12. The highest BCUT2D eigenvalue weighted by Crippen LogP contribution is 2.23. The molecule has 1 aromatic heterocycles. The summed E-state index contributed by atoms with van der Waals surface area (Å²) < 4.78 is 5.93. The van der Waals surface area contributed by atoms with Gasteiger partial charge in [-0.3, -0.25) is 4.90 Å². The topological polar surface area (TPSA) is 31.7 Å². The van der Waals surface area contributed by atoms with Crippen LogP contribution < -0.4 is 5.32 Å². The molecular formula is C15H27N3O. The number of rotatable bonds is 5. The maximum Gasteiger partial charge on any atom is 0.120 e. The van der Waals surface area contributed by atoms with Gasteiger partial charge < -0.3 is 14.6 Å². The minimum absolute atomic E-state index is 0.660. The third-order valence-electron chi connectivity index (χ3n) is 4.10. The summed E-state index contributed by atoms with van der Waals surface area (Å²) in [5.74, 6) is 2.88. The average Bonchev–Trinajstić information content (AvgIpc) is 2.84. The smallest absolute Gasteiger partial charge is 0.120 e. The summed E-state index contributed by atoms with van der Waals surface area (Å²) in [6.45, 7) is 8.49. The second kappa shape index (κ2) is 6.07. The zero-order valence-electron chi connectivity index (χ0n) is 12.9. The Balaban J connectivity index is 1.97. The number of nitrogens with zero attached hydrogens (tertiary/aromatic N) is 2. The minimum atomic E-state index is 0.660. The fourth-order valence-corrected chi connectivity index (χ4v) is 3.07. The van der Waals surface area contributed by atoms with Gasteiger partial charge in [0.1, 0.15) is 11.5 Å². The summed E-state index contributed by atoms with van der Waals surface area (Å²) in [5, 5.41) is 3.15. The lowest BCUT2D eigenvalue weighted by molar-refractivity contribution is 0.242. The normalized spacial score (nSPS) is 24.5. The van der Waals surface area contributed by atoms with Crippen LogP contribution in [-0.4, -0.2) is 50.1 Å². The van der Waals surface area contributed by atoms with Gasteiger partial charge in [-0.25, -0.2) is 0 Å². The maximum absolute atomic E-state index is 5.93. The molecule has 0 aliphatic carbocycles. The van der Waals surface area contributed by atoms with Gasteiger partial charge in [0.15, 0.2) is 0 Å². The lowest BCUT2D eigenvalue weighted by Gasteiger charge is -2.22. The number of hydrogen-bond acceptors (Lipinski definition) is 4. The van der Waals surface area contributed by atoms with E-state index in [1.54, 1.807) is 0 Å². The number of nitrogens with one attached hydrogen (secondary N) is 1. The zero-order chi connectivity index (χ0) is 14.0. The van der Waals surface area contributed by atoms with E-state index in [0.29, 0.717) is 6.04 Å².